The van der Waals surface area contributed by atoms with Crippen LogP contribution in [0.1, 0.15) is 53.9 Å². The van der Waals surface area contributed by atoms with E-state index in [-0.39, 0.29) is 53.2 Å². The van der Waals surface area contributed by atoms with Crippen molar-refractivity contribution in [3.63, 3.8) is 0 Å². The van der Waals surface area contributed by atoms with Crippen molar-refractivity contribution < 1.29 is 19.1 Å². The number of rotatable bonds is 4. The minimum atomic E-state index is -0.207. The third kappa shape index (κ3) is 2.65. The Hall–Kier alpha value is -1.06. The van der Waals surface area contributed by atoms with Crippen molar-refractivity contribution in [2.75, 3.05) is 0 Å². The summed E-state index contributed by atoms with van der Waals surface area (Å²) >= 11 is 0. The number of fused-ring (bicyclic) bond motifs is 1. The number of hydrogen-bond acceptors (Lipinski definition) is 4. The Morgan fingerprint density at radius 1 is 1.32 bits per heavy atom. The topological polar surface area (TPSA) is 52.6 Å². The molecule has 3 fully saturated rings. The summed E-state index contributed by atoms with van der Waals surface area (Å²) < 4.78 is 11.4. The highest BCUT2D eigenvalue weighted by Crippen LogP contribution is 2.55. The Kier molecular flexibility index (Phi) is 3.77. The fourth-order valence-electron chi connectivity index (χ4n) is 4.54. The zero-order valence-electron chi connectivity index (χ0n) is 14.3. The molecule has 22 heavy (non-hydrogen) atoms. The molecule has 1 saturated heterocycles. The number of hydrogen-bond donors (Lipinski definition) is 0. The molecule has 1 heterocycles. The molecule has 2 aliphatic carbocycles. The summed E-state index contributed by atoms with van der Waals surface area (Å²) in [6, 6.07) is 0. The predicted octanol–water partition coefficient (Wildman–Crippen LogP) is 3.19. The molecule has 3 aliphatic rings. The van der Waals surface area contributed by atoms with Gasteiger partial charge in [-0.3, -0.25) is 9.59 Å². The van der Waals surface area contributed by atoms with Crippen LogP contribution in [0.3, 0.4) is 0 Å². The van der Waals surface area contributed by atoms with Crippen LogP contribution in [-0.4, -0.2) is 24.1 Å². The largest absolute Gasteiger partial charge is 0.458 e. The van der Waals surface area contributed by atoms with Gasteiger partial charge in [0.25, 0.3) is 0 Å². The van der Waals surface area contributed by atoms with Gasteiger partial charge in [0.05, 0.1) is 11.8 Å². The first kappa shape index (κ1) is 15.8. The molecule has 0 aromatic carbocycles. The smallest absolute Gasteiger partial charge is 0.309 e. The normalized spacial score (nSPS) is 37.5. The minimum absolute atomic E-state index is 0.0698. The number of ether oxygens (including phenoxy) is 2. The Morgan fingerprint density at radius 3 is 2.59 bits per heavy atom. The average Bonchev–Trinajstić information content (AvgIpc) is 2.99. The maximum absolute atomic E-state index is 12.7. The Balaban J connectivity index is 1.68. The fourth-order valence-corrected chi connectivity index (χ4v) is 4.54. The highest BCUT2D eigenvalue weighted by Gasteiger charge is 2.63. The van der Waals surface area contributed by atoms with E-state index >= 15 is 0 Å². The predicted molar refractivity (Wildman–Crippen MR) is 81.9 cm³/mol. The summed E-state index contributed by atoms with van der Waals surface area (Å²) in [5.41, 5.74) is 0.0908. The molecular weight excluding hydrogens is 280 g/mol. The number of esters is 2. The first-order chi connectivity index (χ1) is 10.2. The van der Waals surface area contributed by atoms with Gasteiger partial charge in [-0.05, 0) is 30.6 Å². The second-order valence-electron chi connectivity index (χ2n) is 8.92. The molecule has 0 radical (unpaired) electrons. The van der Waals surface area contributed by atoms with Crippen LogP contribution in [0.4, 0.5) is 0 Å². The molecule has 0 aromatic heterocycles. The summed E-state index contributed by atoms with van der Waals surface area (Å²) in [7, 11) is 0. The zero-order valence-corrected chi connectivity index (χ0v) is 14.3. The lowest BCUT2D eigenvalue weighted by molar-refractivity contribution is -0.168. The number of carbonyl (C=O) groups excluding carboxylic acids is 2. The molecule has 3 rings (SSSR count). The second kappa shape index (κ2) is 5.24. The fraction of sp³-hybridized carbons (Fsp3) is 0.889. The maximum atomic E-state index is 12.7. The van der Waals surface area contributed by atoms with Crippen molar-refractivity contribution >= 4 is 11.9 Å². The lowest BCUT2D eigenvalue weighted by Gasteiger charge is -2.31. The lowest BCUT2D eigenvalue weighted by Crippen LogP contribution is -2.39. The molecule has 124 valence electrons. The van der Waals surface area contributed by atoms with Gasteiger partial charge in [0.1, 0.15) is 12.2 Å². The van der Waals surface area contributed by atoms with Crippen LogP contribution < -0.4 is 0 Å². The molecule has 2 bridgehead atoms. The molecule has 0 aromatic rings. The van der Waals surface area contributed by atoms with Crippen LogP contribution in [0.5, 0.6) is 0 Å². The van der Waals surface area contributed by atoms with Gasteiger partial charge in [0, 0.05) is 11.8 Å². The number of carbonyl (C=O) groups is 2. The van der Waals surface area contributed by atoms with Crippen molar-refractivity contribution in [1.29, 1.82) is 0 Å². The molecule has 1 aliphatic heterocycles. The monoisotopic (exact) mass is 308 g/mol. The van der Waals surface area contributed by atoms with E-state index in [1.165, 1.54) is 0 Å². The van der Waals surface area contributed by atoms with Crippen LogP contribution in [0.2, 0.25) is 0 Å². The summed E-state index contributed by atoms with van der Waals surface area (Å²) in [6.45, 7) is 10.6. The zero-order chi connectivity index (χ0) is 16.2. The van der Waals surface area contributed by atoms with Gasteiger partial charge in [-0.15, -0.1) is 0 Å². The van der Waals surface area contributed by atoms with E-state index in [1.807, 2.05) is 0 Å². The van der Waals surface area contributed by atoms with E-state index in [1.54, 1.807) is 0 Å². The molecule has 0 spiro atoms. The first-order valence-corrected chi connectivity index (χ1v) is 8.58. The van der Waals surface area contributed by atoms with Gasteiger partial charge >= 0.3 is 11.9 Å². The van der Waals surface area contributed by atoms with Crippen LogP contribution in [0, 0.1) is 35.0 Å². The van der Waals surface area contributed by atoms with Gasteiger partial charge in [0.15, 0.2) is 0 Å². The van der Waals surface area contributed by atoms with Gasteiger partial charge in [0.2, 0.25) is 0 Å². The maximum Gasteiger partial charge on any atom is 0.309 e. The van der Waals surface area contributed by atoms with E-state index in [2.05, 4.69) is 34.6 Å². The Bertz CT molecular complexity index is 476. The van der Waals surface area contributed by atoms with Crippen molar-refractivity contribution in [3.05, 3.63) is 0 Å². The standard InChI is InChI=1S/C18H28O4/c1-9(2)13(8-18(3,4)5)17(20)21-14-10-6-11-12(7-10)16(19)22-15(11)14/h9-15H,6-8H2,1-5H3. The van der Waals surface area contributed by atoms with Gasteiger partial charge in [-0.1, -0.05) is 34.6 Å². The molecule has 0 amide bonds. The Labute approximate surface area is 132 Å². The second-order valence-corrected chi connectivity index (χ2v) is 8.92. The van der Waals surface area contributed by atoms with Crippen LogP contribution >= 0.6 is 0 Å². The molecular formula is C18H28O4. The van der Waals surface area contributed by atoms with E-state index in [0.29, 0.717) is 5.92 Å². The van der Waals surface area contributed by atoms with Crippen molar-refractivity contribution in [2.45, 2.75) is 66.1 Å². The van der Waals surface area contributed by atoms with Crippen LogP contribution in [-0.2, 0) is 19.1 Å². The van der Waals surface area contributed by atoms with Gasteiger partial charge in [-0.25, -0.2) is 0 Å². The summed E-state index contributed by atoms with van der Waals surface area (Å²) in [5, 5.41) is 0. The van der Waals surface area contributed by atoms with Gasteiger partial charge < -0.3 is 9.47 Å². The quantitative estimate of drug-likeness (QED) is 0.748. The molecule has 4 nitrogen and oxygen atoms in total. The SMILES string of the molecule is CC(C)C(CC(C)(C)C)C(=O)OC1C2CC3C(=O)OC1C3C2. The Morgan fingerprint density at radius 2 is 2.00 bits per heavy atom. The van der Waals surface area contributed by atoms with E-state index in [9.17, 15) is 9.59 Å². The highest BCUT2D eigenvalue weighted by molar-refractivity contribution is 5.77. The minimum Gasteiger partial charge on any atom is -0.458 e. The summed E-state index contributed by atoms with van der Waals surface area (Å²) in [6.07, 6.45) is 2.25. The van der Waals surface area contributed by atoms with Crippen molar-refractivity contribution in [2.24, 2.45) is 35.0 Å². The van der Waals surface area contributed by atoms with Gasteiger partial charge in [-0.2, -0.15) is 0 Å². The van der Waals surface area contributed by atoms with Crippen LogP contribution in [0.25, 0.3) is 0 Å². The molecule has 0 N–H and O–H groups in total. The highest BCUT2D eigenvalue weighted by atomic mass is 16.6. The third-order valence-corrected chi connectivity index (χ3v) is 5.61. The van der Waals surface area contributed by atoms with E-state index in [4.69, 9.17) is 9.47 Å². The molecule has 6 atom stereocenters. The van der Waals surface area contributed by atoms with E-state index in [0.717, 1.165) is 19.3 Å². The summed E-state index contributed by atoms with van der Waals surface area (Å²) in [4.78, 5) is 24.5. The molecule has 4 heteroatoms. The van der Waals surface area contributed by atoms with E-state index < -0.39 is 0 Å². The third-order valence-electron chi connectivity index (χ3n) is 5.61. The average molecular weight is 308 g/mol. The van der Waals surface area contributed by atoms with Crippen molar-refractivity contribution in [1.82, 2.24) is 0 Å². The summed E-state index contributed by atoms with van der Waals surface area (Å²) in [5.74, 6) is 0.651. The van der Waals surface area contributed by atoms with Crippen LogP contribution in [0.15, 0.2) is 0 Å². The molecule has 6 unspecified atom stereocenters. The lowest BCUT2D eigenvalue weighted by atomic mass is 9.79. The molecule has 2 saturated carbocycles. The first-order valence-electron chi connectivity index (χ1n) is 8.58. The van der Waals surface area contributed by atoms with Crippen molar-refractivity contribution in [3.8, 4) is 0 Å².